The fourth-order valence-electron chi connectivity index (χ4n) is 1.53. The second kappa shape index (κ2) is 7.72. The van der Waals surface area contributed by atoms with Crippen LogP contribution in [0.3, 0.4) is 0 Å². The van der Waals surface area contributed by atoms with Crippen LogP contribution >= 0.6 is 0 Å². The molecule has 0 spiro atoms. The van der Waals surface area contributed by atoms with E-state index in [0.717, 1.165) is 0 Å². The van der Waals surface area contributed by atoms with E-state index >= 15 is 0 Å². The van der Waals surface area contributed by atoms with Crippen LogP contribution in [0, 0.1) is 0 Å². The molecule has 21 heavy (non-hydrogen) atoms. The lowest BCUT2D eigenvalue weighted by molar-refractivity contribution is -0.137. The van der Waals surface area contributed by atoms with Crippen LogP contribution in [0.1, 0.15) is 13.8 Å². The first-order chi connectivity index (χ1) is 9.36. The summed E-state index contributed by atoms with van der Waals surface area (Å²) >= 11 is 0. The van der Waals surface area contributed by atoms with E-state index in [1.807, 2.05) is 26.2 Å². The van der Waals surface area contributed by atoms with Gasteiger partial charge in [-0.05, 0) is 40.0 Å². The van der Waals surface area contributed by atoms with Crippen LogP contribution in [-0.4, -0.2) is 41.0 Å². The van der Waals surface area contributed by atoms with Gasteiger partial charge in [-0.3, -0.25) is 0 Å². The van der Waals surface area contributed by atoms with Crippen molar-refractivity contribution in [3.05, 3.63) is 24.3 Å². The Bertz CT molecular complexity index is 401. The van der Waals surface area contributed by atoms with Gasteiger partial charge in [0.05, 0.1) is 0 Å². The van der Waals surface area contributed by atoms with Gasteiger partial charge in [-0.15, -0.1) is 0 Å². The predicted molar refractivity (Wildman–Crippen MR) is 87.6 cm³/mol. The Morgan fingerprint density at radius 2 is 1.10 bits per heavy atom. The van der Waals surface area contributed by atoms with E-state index in [2.05, 4.69) is 13.2 Å². The molecule has 0 fully saturated rings. The number of ether oxygens (including phenoxy) is 2. The molecule has 0 atom stereocenters. The normalized spacial score (nSPS) is 11.7. The van der Waals surface area contributed by atoms with Crippen LogP contribution in [0.4, 0.5) is 0 Å². The maximum Gasteiger partial charge on any atom is 0.332 e. The van der Waals surface area contributed by atoms with Crippen LogP contribution in [-0.2, 0) is 23.2 Å². The van der Waals surface area contributed by atoms with Crippen LogP contribution in [0.2, 0.25) is 26.2 Å². The highest BCUT2D eigenvalue weighted by Gasteiger charge is 2.35. The maximum atomic E-state index is 11.4. The van der Waals surface area contributed by atoms with Gasteiger partial charge in [-0.25, -0.2) is 9.59 Å². The van der Waals surface area contributed by atoms with Crippen molar-refractivity contribution in [2.24, 2.45) is 0 Å². The van der Waals surface area contributed by atoms with Crippen molar-refractivity contribution in [2.75, 3.05) is 12.5 Å². The van der Waals surface area contributed by atoms with E-state index in [0.29, 0.717) is 11.1 Å². The minimum atomic E-state index is -2.18. The van der Waals surface area contributed by atoms with Crippen molar-refractivity contribution >= 4 is 28.6 Å². The average Bonchev–Trinajstić information content (AvgIpc) is 2.31. The van der Waals surface area contributed by atoms with E-state index in [1.165, 1.54) is 0 Å². The largest absolute Gasteiger partial charge is 0.463 e. The predicted octanol–water partition coefficient (Wildman–Crippen LogP) is 2.73. The smallest absolute Gasteiger partial charge is 0.332 e. The summed E-state index contributed by atoms with van der Waals surface area (Å²) in [5.74, 6) is -0.820. The highest BCUT2D eigenvalue weighted by Crippen LogP contribution is 2.16. The standard InChI is InChI=1S/C14H26O5Si2/c1-11(2)13(15)17-9-20(5,6)19-21(7,8)10-18-14(16)12(3)4/h1,3,9-10H2,2,4-8H3. The molecular weight excluding hydrogens is 304 g/mol. The number of hydrogen-bond donors (Lipinski definition) is 0. The molecule has 0 aliphatic carbocycles. The lowest BCUT2D eigenvalue weighted by Crippen LogP contribution is -2.51. The molecule has 0 aromatic rings. The Morgan fingerprint density at radius 1 is 0.810 bits per heavy atom. The lowest BCUT2D eigenvalue weighted by atomic mass is 10.4. The summed E-state index contributed by atoms with van der Waals surface area (Å²) in [6.45, 7) is 18.2. The van der Waals surface area contributed by atoms with Crippen molar-refractivity contribution < 1.29 is 23.2 Å². The fourth-order valence-corrected chi connectivity index (χ4v) is 8.94. The summed E-state index contributed by atoms with van der Waals surface area (Å²) < 4.78 is 16.5. The highest BCUT2D eigenvalue weighted by atomic mass is 28.4. The van der Waals surface area contributed by atoms with Crippen LogP contribution in [0.15, 0.2) is 24.3 Å². The molecule has 0 aromatic carbocycles. The second-order valence-electron chi connectivity index (χ2n) is 6.33. The molecule has 0 radical (unpaired) electrons. The molecule has 0 rings (SSSR count). The van der Waals surface area contributed by atoms with Gasteiger partial charge >= 0.3 is 11.9 Å². The zero-order chi connectivity index (χ0) is 16.8. The first-order valence-electron chi connectivity index (χ1n) is 6.72. The number of rotatable bonds is 8. The minimum absolute atomic E-state index is 0.254. The van der Waals surface area contributed by atoms with Gasteiger partial charge in [0, 0.05) is 11.1 Å². The molecule has 0 aromatic heterocycles. The Hall–Kier alpha value is -1.19. The Balaban J connectivity index is 4.46. The van der Waals surface area contributed by atoms with E-state index in [9.17, 15) is 9.59 Å². The Kier molecular flexibility index (Phi) is 7.28. The number of esters is 2. The summed E-state index contributed by atoms with van der Waals surface area (Å²) in [4.78, 5) is 22.8. The zero-order valence-electron chi connectivity index (χ0n) is 13.9. The monoisotopic (exact) mass is 330 g/mol. The Labute approximate surface area is 129 Å². The summed E-state index contributed by atoms with van der Waals surface area (Å²) in [5.41, 5.74) is 0.735. The van der Waals surface area contributed by atoms with E-state index in [1.54, 1.807) is 13.8 Å². The quantitative estimate of drug-likeness (QED) is 0.389. The Morgan fingerprint density at radius 3 is 1.33 bits per heavy atom. The number of hydrogen-bond acceptors (Lipinski definition) is 5. The molecule has 0 bridgehead atoms. The van der Waals surface area contributed by atoms with E-state index < -0.39 is 28.6 Å². The number of carbonyl (C=O) groups is 2. The molecule has 0 heterocycles. The van der Waals surface area contributed by atoms with Crippen LogP contribution in [0.5, 0.6) is 0 Å². The molecule has 7 heteroatoms. The summed E-state index contributed by atoms with van der Waals surface area (Å²) in [7, 11) is -4.37. The van der Waals surface area contributed by atoms with Gasteiger partial charge in [0.25, 0.3) is 0 Å². The highest BCUT2D eigenvalue weighted by molar-refractivity contribution is 6.84. The van der Waals surface area contributed by atoms with Crippen molar-refractivity contribution in [3.63, 3.8) is 0 Å². The molecule has 0 aliphatic heterocycles. The molecule has 0 aliphatic rings. The molecular formula is C14H26O5Si2. The lowest BCUT2D eigenvalue weighted by Gasteiger charge is -2.33. The van der Waals surface area contributed by atoms with Gasteiger partial charge < -0.3 is 13.6 Å². The maximum absolute atomic E-state index is 11.4. The van der Waals surface area contributed by atoms with Crippen molar-refractivity contribution in [1.29, 1.82) is 0 Å². The topological polar surface area (TPSA) is 61.8 Å². The van der Waals surface area contributed by atoms with Gasteiger partial charge in [0.15, 0.2) is 0 Å². The first-order valence-corrected chi connectivity index (χ1v) is 12.9. The van der Waals surface area contributed by atoms with Crippen LogP contribution < -0.4 is 0 Å². The second-order valence-corrected chi connectivity index (χ2v) is 14.8. The van der Waals surface area contributed by atoms with Gasteiger partial charge in [-0.1, -0.05) is 13.2 Å². The van der Waals surface area contributed by atoms with Gasteiger partial charge in [0.2, 0.25) is 16.6 Å². The van der Waals surface area contributed by atoms with Crippen molar-refractivity contribution in [3.8, 4) is 0 Å². The van der Waals surface area contributed by atoms with E-state index in [-0.39, 0.29) is 12.5 Å². The van der Waals surface area contributed by atoms with Crippen LogP contribution in [0.25, 0.3) is 0 Å². The summed E-state index contributed by atoms with van der Waals surface area (Å²) in [6.07, 6.45) is 0.507. The number of carbonyl (C=O) groups excluding carboxylic acids is 2. The zero-order valence-corrected chi connectivity index (χ0v) is 15.9. The molecule has 0 saturated heterocycles. The minimum Gasteiger partial charge on any atom is -0.463 e. The van der Waals surface area contributed by atoms with Gasteiger partial charge in [0.1, 0.15) is 12.5 Å². The SMILES string of the molecule is C=C(C)C(=O)OC[Si](C)(C)O[Si](C)(C)COC(=O)C(=C)C. The van der Waals surface area contributed by atoms with Gasteiger partial charge in [-0.2, -0.15) is 0 Å². The molecule has 5 nitrogen and oxygen atoms in total. The average molecular weight is 331 g/mol. The first kappa shape index (κ1) is 19.8. The fraction of sp³-hybridized carbons (Fsp3) is 0.571. The molecule has 0 N–H and O–H groups in total. The van der Waals surface area contributed by atoms with E-state index in [4.69, 9.17) is 13.6 Å². The molecule has 120 valence electrons. The van der Waals surface area contributed by atoms with Crippen molar-refractivity contribution in [1.82, 2.24) is 0 Å². The third kappa shape index (κ3) is 8.64. The van der Waals surface area contributed by atoms with Crippen molar-refractivity contribution in [2.45, 2.75) is 40.0 Å². The molecule has 0 amide bonds. The third-order valence-electron chi connectivity index (χ3n) is 2.35. The summed E-state index contributed by atoms with van der Waals surface area (Å²) in [6, 6.07) is 0. The molecule has 0 saturated carbocycles. The summed E-state index contributed by atoms with van der Waals surface area (Å²) in [5, 5.41) is 0. The molecule has 0 unspecified atom stereocenters. The third-order valence-corrected chi connectivity index (χ3v) is 8.45.